The first-order valence-electron chi connectivity index (χ1n) is 10.6. The zero-order chi connectivity index (χ0) is 19.2. The second kappa shape index (κ2) is 7.17. The number of rotatable bonds is 4. The van der Waals surface area contributed by atoms with Crippen LogP contribution in [0.15, 0.2) is 12.3 Å². The van der Waals surface area contributed by atoms with Gasteiger partial charge in [-0.3, -0.25) is 4.98 Å². The maximum absolute atomic E-state index is 9.99. The van der Waals surface area contributed by atoms with E-state index in [0.717, 1.165) is 29.2 Å². The lowest BCUT2D eigenvalue weighted by atomic mass is 9.90. The summed E-state index contributed by atoms with van der Waals surface area (Å²) < 4.78 is 2.18. The largest absolute Gasteiger partial charge is 0.395 e. The molecule has 1 aliphatic heterocycles. The predicted molar refractivity (Wildman–Crippen MR) is 109 cm³/mol. The first-order valence-corrected chi connectivity index (χ1v) is 10.6. The minimum Gasteiger partial charge on any atom is -0.395 e. The molecule has 3 heterocycles. The Labute approximate surface area is 162 Å². The maximum atomic E-state index is 9.99. The lowest BCUT2D eigenvalue weighted by molar-refractivity contribution is 0.183. The highest BCUT2D eigenvalue weighted by Gasteiger charge is 2.33. The fraction of sp³-hybridized carbons (Fsp3) is 0.727. The summed E-state index contributed by atoms with van der Waals surface area (Å²) in [6.07, 6.45) is 9.41. The normalized spacial score (nSPS) is 27.1. The molecule has 3 atom stereocenters. The molecule has 0 radical (unpaired) electrons. The summed E-state index contributed by atoms with van der Waals surface area (Å²) in [5.41, 5.74) is 4.25. The van der Waals surface area contributed by atoms with Crippen LogP contribution in [0.5, 0.6) is 0 Å². The molecule has 1 saturated heterocycles. The van der Waals surface area contributed by atoms with Crippen LogP contribution in [-0.2, 0) is 12.5 Å². The maximum Gasteiger partial charge on any atom is 0.158 e. The van der Waals surface area contributed by atoms with E-state index in [1.165, 1.54) is 37.8 Å². The van der Waals surface area contributed by atoms with E-state index in [1.54, 1.807) is 0 Å². The lowest BCUT2D eigenvalue weighted by Gasteiger charge is -2.26. The van der Waals surface area contributed by atoms with E-state index < -0.39 is 0 Å². The molecule has 4 rings (SSSR count). The molecule has 27 heavy (non-hydrogen) atoms. The predicted octanol–water partition coefficient (Wildman–Crippen LogP) is 3.86. The van der Waals surface area contributed by atoms with Gasteiger partial charge in [-0.15, -0.1) is 0 Å². The summed E-state index contributed by atoms with van der Waals surface area (Å²) in [6, 6.07) is 2.51. The molecule has 1 saturated carbocycles. The summed E-state index contributed by atoms with van der Waals surface area (Å²) in [5.74, 6) is 1.49. The van der Waals surface area contributed by atoms with E-state index in [1.807, 2.05) is 6.20 Å². The highest BCUT2D eigenvalue weighted by molar-refractivity contribution is 5.73. The SMILES string of the molecule is Cn1c(C(C)(C)C)cc2ncc([C@H]3CCC[C@@H](CC4CC4)[C@H](CO)N3)nc21. The van der Waals surface area contributed by atoms with Crippen LogP contribution < -0.4 is 5.32 Å². The number of hydrogen-bond acceptors (Lipinski definition) is 4. The number of aliphatic hydroxyl groups excluding tert-OH is 1. The van der Waals surface area contributed by atoms with E-state index in [2.05, 4.69) is 43.8 Å². The molecule has 2 fully saturated rings. The molecule has 5 heteroatoms. The Morgan fingerprint density at radius 2 is 2.00 bits per heavy atom. The molecule has 0 amide bonds. The molecular weight excluding hydrogens is 336 g/mol. The van der Waals surface area contributed by atoms with Gasteiger partial charge in [-0.1, -0.05) is 40.0 Å². The lowest BCUT2D eigenvalue weighted by Crippen LogP contribution is -2.40. The van der Waals surface area contributed by atoms with E-state index >= 15 is 0 Å². The van der Waals surface area contributed by atoms with Crippen LogP contribution in [0.4, 0.5) is 0 Å². The number of hydrogen-bond donors (Lipinski definition) is 2. The van der Waals surface area contributed by atoms with Gasteiger partial charge < -0.3 is 15.0 Å². The zero-order valence-corrected chi connectivity index (χ0v) is 17.2. The molecular formula is C22H34N4O. The van der Waals surface area contributed by atoms with Gasteiger partial charge in [0, 0.05) is 24.2 Å². The van der Waals surface area contributed by atoms with Gasteiger partial charge in [0.25, 0.3) is 0 Å². The van der Waals surface area contributed by atoms with Gasteiger partial charge in [0.1, 0.15) is 5.52 Å². The van der Waals surface area contributed by atoms with Gasteiger partial charge in [-0.2, -0.15) is 0 Å². The molecule has 5 nitrogen and oxygen atoms in total. The third kappa shape index (κ3) is 3.90. The van der Waals surface area contributed by atoms with Crippen molar-refractivity contribution in [3.05, 3.63) is 23.7 Å². The quantitative estimate of drug-likeness (QED) is 0.858. The van der Waals surface area contributed by atoms with Crippen molar-refractivity contribution in [3.63, 3.8) is 0 Å². The standard InChI is InChI=1S/C22H34N4O/c1-22(2,3)20-11-17-21(26(20)4)25-18(12-23-17)16-7-5-6-15(10-14-8-9-14)19(13-27)24-16/h11-12,14-16,19,24,27H,5-10,13H2,1-4H3/t15-,16+,19-/m0/s1. The van der Waals surface area contributed by atoms with Gasteiger partial charge in [0.05, 0.1) is 24.5 Å². The number of nitrogens with one attached hydrogen (secondary N) is 1. The molecule has 0 aromatic carbocycles. The highest BCUT2D eigenvalue weighted by atomic mass is 16.3. The van der Waals surface area contributed by atoms with Crippen LogP contribution in [-0.4, -0.2) is 32.3 Å². The Kier molecular flexibility index (Phi) is 5.02. The summed E-state index contributed by atoms with van der Waals surface area (Å²) in [6.45, 7) is 6.88. The van der Waals surface area contributed by atoms with E-state index in [0.29, 0.717) is 5.92 Å². The zero-order valence-electron chi connectivity index (χ0n) is 17.2. The van der Waals surface area contributed by atoms with Crippen LogP contribution in [0.2, 0.25) is 0 Å². The van der Waals surface area contributed by atoms with Crippen molar-refractivity contribution in [1.82, 2.24) is 19.9 Å². The smallest absolute Gasteiger partial charge is 0.158 e. The van der Waals surface area contributed by atoms with Gasteiger partial charge in [0.2, 0.25) is 0 Å². The monoisotopic (exact) mass is 370 g/mol. The molecule has 0 spiro atoms. The third-order valence-electron chi connectivity index (χ3n) is 6.46. The summed E-state index contributed by atoms with van der Waals surface area (Å²) in [7, 11) is 2.09. The van der Waals surface area contributed by atoms with Crippen molar-refractivity contribution in [3.8, 4) is 0 Å². The number of aryl methyl sites for hydroxylation is 1. The molecule has 2 aromatic heterocycles. The Balaban J connectivity index is 1.60. The first kappa shape index (κ1) is 18.9. The summed E-state index contributed by atoms with van der Waals surface area (Å²) in [5, 5.41) is 13.7. The fourth-order valence-corrected chi connectivity index (χ4v) is 4.74. The average molecular weight is 371 g/mol. The number of nitrogens with zero attached hydrogens (tertiary/aromatic N) is 3. The molecule has 0 unspecified atom stereocenters. The van der Waals surface area contributed by atoms with E-state index in [4.69, 9.17) is 9.97 Å². The highest BCUT2D eigenvalue weighted by Crippen LogP contribution is 2.39. The Hall–Kier alpha value is -1.46. The molecule has 2 N–H and O–H groups in total. The van der Waals surface area contributed by atoms with Crippen molar-refractivity contribution in [2.75, 3.05) is 6.61 Å². The van der Waals surface area contributed by atoms with Crippen LogP contribution in [0.1, 0.15) is 76.7 Å². The van der Waals surface area contributed by atoms with E-state index in [-0.39, 0.29) is 24.1 Å². The van der Waals surface area contributed by atoms with Gasteiger partial charge in [-0.05, 0) is 37.2 Å². The Morgan fingerprint density at radius 3 is 2.67 bits per heavy atom. The van der Waals surface area contributed by atoms with Gasteiger partial charge >= 0.3 is 0 Å². The number of fused-ring (bicyclic) bond motifs is 1. The third-order valence-corrected chi connectivity index (χ3v) is 6.46. The van der Waals surface area contributed by atoms with E-state index in [9.17, 15) is 5.11 Å². The fourth-order valence-electron chi connectivity index (χ4n) is 4.74. The average Bonchev–Trinajstić information content (AvgIpc) is 3.41. The molecule has 2 aromatic rings. The summed E-state index contributed by atoms with van der Waals surface area (Å²) >= 11 is 0. The van der Waals surface area contributed by atoms with Crippen LogP contribution in [0, 0.1) is 11.8 Å². The molecule has 0 bridgehead atoms. The van der Waals surface area contributed by atoms with Crippen molar-refractivity contribution in [2.24, 2.45) is 18.9 Å². The minimum absolute atomic E-state index is 0.0654. The number of aromatic nitrogens is 3. The van der Waals surface area contributed by atoms with Gasteiger partial charge in [-0.25, -0.2) is 4.98 Å². The Bertz CT molecular complexity index is 802. The van der Waals surface area contributed by atoms with Crippen LogP contribution in [0.25, 0.3) is 11.2 Å². The summed E-state index contributed by atoms with van der Waals surface area (Å²) in [4.78, 5) is 9.72. The second-order valence-electron chi connectivity index (χ2n) is 9.72. The topological polar surface area (TPSA) is 63.0 Å². The minimum atomic E-state index is 0.0654. The first-order chi connectivity index (χ1) is 12.9. The number of aliphatic hydroxyl groups is 1. The molecule has 148 valence electrons. The molecule has 2 aliphatic rings. The van der Waals surface area contributed by atoms with Crippen molar-refractivity contribution < 1.29 is 5.11 Å². The Morgan fingerprint density at radius 1 is 1.22 bits per heavy atom. The van der Waals surface area contributed by atoms with Crippen LogP contribution >= 0.6 is 0 Å². The van der Waals surface area contributed by atoms with Gasteiger partial charge in [0.15, 0.2) is 5.65 Å². The molecule has 1 aliphatic carbocycles. The van der Waals surface area contributed by atoms with Crippen molar-refractivity contribution in [1.29, 1.82) is 0 Å². The van der Waals surface area contributed by atoms with Crippen LogP contribution in [0.3, 0.4) is 0 Å². The van der Waals surface area contributed by atoms with Crippen molar-refractivity contribution >= 4 is 11.2 Å². The second-order valence-corrected chi connectivity index (χ2v) is 9.72. The van der Waals surface area contributed by atoms with Crippen molar-refractivity contribution in [2.45, 2.75) is 76.8 Å².